The van der Waals surface area contributed by atoms with Crippen LogP contribution in [0, 0.1) is 0 Å². The van der Waals surface area contributed by atoms with Gasteiger partial charge in [0.05, 0.1) is 6.04 Å². The van der Waals surface area contributed by atoms with Crippen LogP contribution in [0.15, 0.2) is 41.4 Å². The molecule has 1 unspecified atom stereocenters. The number of hydrogen-bond donors (Lipinski definition) is 1. The van der Waals surface area contributed by atoms with Gasteiger partial charge in [-0.05, 0) is 38.3 Å². The maximum atomic E-state index is 6.04. The molecule has 1 aromatic heterocycles. The zero-order chi connectivity index (χ0) is 14.9. The van der Waals surface area contributed by atoms with E-state index >= 15 is 0 Å². The molecule has 21 heavy (non-hydrogen) atoms. The lowest BCUT2D eigenvalue weighted by Gasteiger charge is -2.38. The fourth-order valence-corrected chi connectivity index (χ4v) is 2.94. The van der Waals surface area contributed by atoms with Crippen molar-refractivity contribution in [2.75, 3.05) is 11.6 Å². The highest BCUT2D eigenvalue weighted by atomic mass is 32.2. The highest BCUT2D eigenvalue weighted by molar-refractivity contribution is 7.98. The number of thioether (sulfide) groups is 1. The van der Waals surface area contributed by atoms with Gasteiger partial charge in [-0.3, -0.25) is 0 Å². The van der Waals surface area contributed by atoms with E-state index in [1.54, 1.807) is 11.8 Å². The molecule has 0 bridgehead atoms. The van der Waals surface area contributed by atoms with Crippen LogP contribution in [0.4, 0.5) is 5.82 Å². The van der Waals surface area contributed by atoms with Gasteiger partial charge in [0.25, 0.3) is 0 Å². The third-order valence-electron chi connectivity index (χ3n) is 3.55. The van der Waals surface area contributed by atoms with Gasteiger partial charge in [-0.2, -0.15) is 0 Å². The lowest BCUT2D eigenvalue weighted by molar-refractivity contribution is 0.0758. The Morgan fingerprint density at radius 3 is 2.71 bits per heavy atom. The van der Waals surface area contributed by atoms with Gasteiger partial charge in [0.15, 0.2) is 0 Å². The first kappa shape index (κ1) is 14.2. The van der Waals surface area contributed by atoms with Crippen LogP contribution in [0.25, 0.3) is 0 Å². The summed E-state index contributed by atoms with van der Waals surface area (Å²) in [6.45, 7) is 4.22. The number of ether oxygens (including phenoxy) is 1. The molecular weight excluding hydrogens is 282 g/mol. The molecular formula is C16H19N3OS. The van der Waals surface area contributed by atoms with E-state index in [1.165, 1.54) is 5.56 Å². The smallest absolute Gasteiger partial charge is 0.149 e. The molecule has 5 heteroatoms. The summed E-state index contributed by atoms with van der Waals surface area (Å²) < 4.78 is 6.04. The summed E-state index contributed by atoms with van der Waals surface area (Å²) in [6, 6.07) is 12.3. The maximum absolute atomic E-state index is 6.04. The Kier molecular flexibility index (Phi) is 3.76. The molecule has 4 nitrogen and oxygen atoms in total. The molecule has 1 aliphatic heterocycles. The molecule has 0 fully saturated rings. The van der Waals surface area contributed by atoms with Crippen molar-refractivity contribution in [3.8, 4) is 5.75 Å². The largest absolute Gasteiger partial charge is 0.487 e. The van der Waals surface area contributed by atoms with Gasteiger partial charge in [-0.15, -0.1) is 22.0 Å². The SMILES string of the molecule is CSc1ccc(NC2CC(C)(C)Oc3ccccc32)nn1. The van der Waals surface area contributed by atoms with Crippen LogP contribution >= 0.6 is 11.8 Å². The standard InChI is InChI=1S/C16H19N3OS/c1-16(2)10-12(11-6-4-5-7-13(11)20-16)17-14-8-9-15(21-3)19-18-14/h4-9,12H,10H2,1-3H3,(H,17,18). The number of rotatable bonds is 3. The van der Waals surface area contributed by atoms with Crippen molar-refractivity contribution >= 4 is 17.6 Å². The van der Waals surface area contributed by atoms with Crippen molar-refractivity contribution < 1.29 is 4.74 Å². The summed E-state index contributed by atoms with van der Waals surface area (Å²) in [7, 11) is 0. The fraction of sp³-hybridized carbons (Fsp3) is 0.375. The Morgan fingerprint density at radius 1 is 1.19 bits per heavy atom. The molecule has 0 spiro atoms. The monoisotopic (exact) mass is 301 g/mol. The lowest BCUT2D eigenvalue weighted by atomic mass is 9.90. The van der Waals surface area contributed by atoms with Crippen LogP contribution in [-0.2, 0) is 0 Å². The Morgan fingerprint density at radius 2 is 2.00 bits per heavy atom. The summed E-state index contributed by atoms with van der Waals surface area (Å²) in [4.78, 5) is 0. The molecule has 0 saturated carbocycles. The minimum Gasteiger partial charge on any atom is -0.487 e. The Labute approximate surface area is 129 Å². The van der Waals surface area contributed by atoms with Crippen LogP contribution < -0.4 is 10.1 Å². The van der Waals surface area contributed by atoms with E-state index < -0.39 is 0 Å². The summed E-state index contributed by atoms with van der Waals surface area (Å²) >= 11 is 1.59. The highest BCUT2D eigenvalue weighted by Gasteiger charge is 2.33. The van der Waals surface area contributed by atoms with Crippen molar-refractivity contribution in [2.45, 2.75) is 36.9 Å². The Bertz CT molecular complexity index is 628. The van der Waals surface area contributed by atoms with Gasteiger partial charge in [0.1, 0.15) is 22.2 Å². The second kappa shape index (κ2) is 5.56. The van der Waals surface area contributed by atoms with E-state index in [0.717, 1.165) is 23.0 Å². The summed E-state index contributed by atoms with van der Waals surface area (Å²) in [6.07, 6.45) is 2.88. The average molecular weight is 301 g/mol. The summed E-state index contributed by atoms with van der Waals surface area (Å²) in [5.41, 5.74) is 0.978. The molecule has 2 heterocycles. The van der Waals surface area contributed by atoms with Crippen molar-refractivity contribution in [1.82, 2.24) is 10.2 Å². The van der Waals surface area contributed by atoms with Gasteiger partial charge in [0, 0.05) is 12.0 Å². The van der Waals surface area contributed by atoms with E-state index in [2.05, 4.69) is 35.4 Å². The summed E-state index contributed by atoms with van der Waals surface area (Å²) in [5, 5.41) is 12.8. The van der Waals surface area contributed by atoms with Crippen LogP contribution in [-0.4, -0.2) is 22.1 Å². The number of hydrogen-bond acceptors (Lipinski definition) is 5. The number of nitrogens with zero attached hydrogens (tertiary/aromatic N) is 2. The zero-order valence-corrected chi connectivity index (χ0v) is 13.3. The van der Waals surface area contributed by atoms with Gasteiger partial charge in [-0.25, -0.2) is 0 Å². The van der Waals surface area contributed by atoms with Crippen molar-refractivity contribution in [2.24, 2.45) is 0 Å². The number of fused-ring (bicyclic) bond motifs is 1. The van der Waals surface area contributed by atoms with E-state index in [1.807, 2.05) is 36.6 Å². The van der Waals surface area contributed by atoms with Crippen molar-refractivity contribution in [3.63, 3.8) is 0 Å². The normalized spacial score (nSPS) is 19.5. The first-order valence-corrected chi connectivity index (χ1v) is 8.22. The molecule has 1 aromatic carbocycles. The minimum absolute atomic E-state index is 0.180. The second-order valence-electron chi connectivity index (χ2n) is 5.76. The number of benzene rings is 1. The second-order valence-corrected chi connectivity index (χ2v) is 6.59. The Balaban J connectivity index is 1.87. The van der Waals surface area contributed by atoms with E-state index in [-0.39, 0.29) is 11.6 Å². The number of anilines is 1. The minimum atomic E-state index is -0.196. The molecule has 1 atom stereocenters. The van der Waals surface area contributed by atoms with Crippen LogP contribution in [0.2, 0.25) is 0 Å². The third kappa shape index (κ3) is 3.13. The Hall–Kier alpha value is -1.75. The fourth-order valence-electron chi connectivity index (χ4n) is 2.62. The maximum Gasteiger partial charge on any atom is 0.149 e. The molecule has 1 aliphatic rings. The van der Waals surface area contributed by atoms with E-state index in [0.29, 0.717) is 0 Å². The molecule has 0 saturated heterocycles. The molecule has 0 radical (unpaired) electrons. The predicted molar refractivity (Wildman–Crippen MR) is 85.9 cm³/mol. The number of aromatic nitrogens is 2. The van der Waals surface area contributed by atoms with Gasteiger partial charge < -0.3 is 10.1 Å². The quantitative estimate of drug-likeness (QED) is 0.871. The predicted octanol–water partition coefficient (Wildman–Crippen LogP) is 3.91. The molecule has 1 N–H and O–H groups in total. The zero-order valence-electron chi connectivity index (χ0n) is 12.5. The van der Waals surface area contributed by atoms with Crippen molar-refractivity contribution in [3.05, 3.63) is 42.0 Å². The third-order valence-corrected chi connectivity index (χ3v) is 4.18. The molecule has 0 aliphatic carbocycles. The van der Waals surface area contributed by atoms with Crippen LogP contribution in [0.3, 0.4) is 0 Å². The summed E-state index contributed by atoms with van der Waals surface area (Å²) in [5.74, 6) is 1.74. The number of nitrogens with one attached hydrogen (secondary N) is 1. The van der Waals surface area contributed by atoms with E-state index in [9.17, 15) is 0 Å². The van der Waals surface area contributed by atoms with Crippen molar-refractivity contribution in [1.29, 1.82) is 0 Å². The van der Waals surface area contributed by atoms with Gasteiger partial charge in [-0.1, -0.05) is 18.2 Å². The first-order valence-electron chi connectivity index (χ1n) is 7.00. The van der Waals surface area contributed by atoms with Crippen LogP contribution in [0.5, 0.6) is 5.75 Å². The number of para-hydroxylation sites is 1. The first-order chi connectivity index (χ1) is 10.1. The van der Waals surface area contributed by atoms with Gasteiger partial charge in [0.2, 0.25) is 0 Å². The van der Waals surface area contributed by atoms with E-state index in [4.69, 9.17) is 4.74 Å². The molecule has 110 valence electrons. The van der Waals surface area contributed by atoms with Crippen LogP contribution in [0.1, 0.15) is 31.9 Å². The molecule has 2 aromatic rings. The average Bonchev–Trinajstić information content (AvgIpc) is 2.47. The van der Waals surface area contributed by atoms with Gasteiger partial charge >= 0.3 is 0 Å². The molecule has 0 amide bonds. The lowest BCUT2D eigenvalue weighted by Crippen LogP contribution is -2.37. The highest BCUT2D eigenvalue weighted by Crippen LogP contribution is 2.40. The topological polar surface area (TPSA) is 47.0 Å². The molecule has 3 rings (SSSR count).